The maximum atomic E-state index is 4.61. The second-order valence-corrected chi connectivity index (χ2v) is 4.65. The molecule has 17 heavy (non-hydrogen) atoms. The average molecular weight is 224 g/mol. The topological polar surface area (TPSA) is 25.2 Å². The fraction of sp³-hybridized carbons (Fsp3) is 0.333. The molecule has 0 spiro atoms. The van der Waals surface area contributed by atoms with Gasteiger partial charge in [0.15, 0.2) is 0 Å². The Hall–Kier alpha value is -1.70. The maximum Gasteiger partial charge on any atom is 0.0815 e. The van der Waals surface area contributed by atoms with Crippen molar-refractivity contribution in [2.75, 3.05) is 0 Å². The molecule has 1 aliphatic carbocycles. The van der Waals surface area contributed by atoms with Crippen molar-refractivity contribution < 1.29 is 0 Å². The quantitative estimate of drug-likeness (QED) is 0.715. The van der Waals surface area contributed by atoms with E-state index >= 15 is 0 Å². The highest BCUT2D eigenvalue weighted by Crippen LogP contribution is 2.20. The summed E-state index contributed by atoms with van der Waals surface area (Å²) in [4.78, 5) is 9.20. The van der Waals surface area contributed by atoms with Crippen LogP contribution < -0.4 is 0 Å². The smallest absolute Gasteiger partial charge is 0.0815 e. The summed E-state index contributed by atoms with van der Waals surface area (Å²) >= 11 is 0. The van der Waals surface area contributed by atoms with E-state index in [0.717, 1.165) is 11.2 Å². The molecule has 0 radical (unpaired) electrons. The number of pyridine rings is 1. The number of aromatic nitrogens is 1. The molecule has 1 saturated carbocycles. The molecule has 0 amide bonds. The van der Waals surface area contributed by atoms with Gasteiger partial charge in [-0.1, -0.05) is 37.1 Å². The molecule has 1 aromatic heterocycles. The standard InChI is InChI=1S/C15H16N2/c1-4-8-15-12(5-1)9-10-14(17-15)11-16-13-6-2-3-7-13/h1,4-5,8-11,13H,2-3,6-7H2. The Kier molecular flexibility index (Phi) is 2.87. The van der Waals surface area contributed by atoms with Gasteiger partial charge in [-0.15, -0.1) is 0 Å². The Morgan fingerprint density at radius 1 is 1.06 bits per heavy atom. The second kappa shape index (κ2) is 4.66. The Morgan fingerprint density at radius 3 is 2.76 bits per heavy atom. The van der Waals surface area contributed by atoms with Crippen LogP contribution in [0.3, 0.4) is 0 Å². The molecule has 2 aromatic rings. The lowest BCUT2D eigenvalue weighted by molar-refractivity contribution is 0.710. The van der Waals surface area contributed by atoms with Gasteiger partial charge < -0.3 is 0 Å². The molecular formula is C15H16N2. The lowest BCUT2D eigenvalue weighted by atomic mass is 10.2. The highest BCUT2D eigenvalue weighted by molar-refractivity contribution is 5.85. The number of hydrogen-bond acceptors (Lipinski definition) is 2. The van der Waals surface area contributed by atoms with Gasteiger partial charge in [-0.25, -0.2) is 4.98 Å². The van der Waals surface area contributed by atoms with Gasteiger partial charge in [-0.3, -0.25) is 4.99 Å². The number of para-hydroxylation sites is 1. The lowest BCUT2D eigenvalue weighted by Crippen LogP contribution is -1.97. The number of rotatable bonds is 2. The van der Waals surface area contributed by atoms with Crippen LogP contribution in [0, 0.1) is 0 Å². The Labute approximate surface area is 101 Å². The Morgan fingerprint density at radius 2 is 1.88 bits per heavy atom. The van der Waals surface area contributed by atoms with Crippen LogP contribution in [0.5, 0.6) is 0 Å². The van der Waals surface area contributed by atoms with E-state index in [-0.39, 0.29) is 0 Å². The molecule has 1 fully saturated rings. The zero-order valence-electron chi connectivity index (χ0n) is 9.84. The lowest BCUT2D eigenvalue weighted by Gasteiger charge is -2.01. The Bertz CT molecular complexity index is 539. The van der Waals surface area contributed by atoms with Crippen molar-refractivity contribution in [2.24, 2.45) is 4.99 Å². The summed E-state index contributed by atoms with van der Waals surface area (Å²) < 4.78 is 0. The minimum atomic E-state index is 0.531. The van der Waals surface area contributed by atoms with E-state index in [1.165, 1.54) is 31.1 Å². The third kappa shape index (κ3) is 2.36. The number of hydrogen-bond donors (Lipinski definition) is 0. The highest BCUT2D eigenvalue weighted by Gasteiger charge is 2.12. The van der Waals surface area contributed by atoms with Crippen LogP contribution in [0.4, 0.5) is 0 Å². The first-order valence-corrected chi connectivity index (χ1v) is 6.31. The van der Waals surface area contributed by atoms with Crippen molar-refractivity contribution in [3.63, 3.8) is 0 Å². The van der Waals surface area contributed by atoms with Crippen LogP contribution in [0.1, 0.15) is 31.4 Å². The molecule has 1 heterocycles. The molecule has 2 nitrogen and oxygen atoms in total. The summed E-state index contributed by atoms with van der Waals surface area (Å²) in [7, 11) is 0. The molecule has 86 valence electrons. The van der Waals surface area contributed by atoms with Crippen molar-refractivity contribution in [3.8, 4) is 0 Å². The molecule has 0 aliphatic heterocycles. The van der Waals surface area contributed by atoms with Crippen molar-refractivity contribution in [3.05, 3.63) is 42.1 Å². The van der Waals surface area contributed by atoms with Gasteiger partial charge in [0.2, 0.25) is 0 Å². The molecular weight excluding hydrogens is 208 g/mol. The average Bonchev–Trinajstić information content (AvgIpc) is 2.89. The van der Waals surface area contributed by atoms with E-state index in [0.29, 0.717) is 6.04 Å². The van der Waals surface area contributed by atoms with E-state index in [1.807, 2.05) is 30.5 Å². The molecule has 2 heteroatoms. The van der Waals surface area contributed by atoms with Gasteiger partial charge in [-0.05, 0) is 25.0 Å². The van der Waals surface area contributed by atoms with Crippen LogP contribution >= 0.6 is 0 Å². The maximum absolute atomic E-state index is 4.61. The van der Waals surface area contributed by atoms with Crippen LogP contribution in [0.25, 0.3) is 10.9 Å². The fourth-order valence-corrected chi connectivity index (χ4v) is 2.39. The second-order valence-electron chi connectivity index (χ2n) is 4.65. The summed E-state index contributed by atoms with van der Waals surface area (Å²) in [6.45, 7) is 0. The van der Waals surface area contributed by atoms with Gasteiger partial charge in [0.05, 0.1) is 17.3 Å². The number of fused-ring (bicyclic) bond motifs is 1. The van der Waals surface area contributed by atoms with Crippen molar-refractivity contribution in [1.82, 2.24) is 4.98 Å². The highest BCUT2D eigenvalue weighted by atomic mass is 14.8. The summed E-state index contributed by atoms with van der Waals surface area (Å²) in [5, 5.41) is 1.19. The molecule has 3 rings (SSSR count). The predicted octanol–water partition coefficient (Wildman–Crippen LogP) is 3.60. The van der Waals surface area contributed by atoms with Gasteiger partial charge >= 0.3 is 0 Å². The van der Waals surface area contributed by atoms with Crippen molar-refractivity contribution >= 4 is 17.1 Å². The van der Waals surface area contributed by atoms with Crippen molar-refractivity contribution in [1.29, 1.82) is 0 Å². The third-order valence-corrected chi connectivity index (χ3v) is 3.36. The molecule has 0 bridgehead atoms. The van der Waals surface area contributed by atoms with E-state index in [9.17, 15) is 0 Å². The minimum absolute atomic E-state index is 0.531. The number of nitrogens with zero attached hydrogens (tertiary/aromatic N) is 2. The first-order valence-electron chi connectivity index (χ1n) is 6.31. The predicted molar refractivity (Wildman–Crippen MR) is 71.6 cm³/mol. The monoisotopic (exact) mass is 224 g/mol. The van der Waals surface area contributed by atoms with Gasteiger partial charge in [0.25, 0.3) is 0 Å². The molecule has 1 aliphatic rings. The van der Waals surface area contributed by atoms with E-state index < -0.39 is 0 Å². The summed E-state index contributed by atoms with van der Waals surface area (Å²) in [6.07, 6.45) is 7.07. The third-order valence-electron chi connectivity index (χ3n) is 3.36. The van der Waals surface area contributed by atoms with Crippen LogP contribution in [0.15, 0.2) is 41.4 Å². The van der Waals surface area contributed by atoms with Crippen molar-refractivity contribution in [2.45, 2.75) is 31.7 Å². The van der Waals surface area contributed by atoms with Crippen LogP contribution in [-0.4, -0.2) is 17.2 Å². The van der Waals surface area contributed by atoms with Gasteiger partial charge in [0.1, 0.15) is 0 Å². The molecule has 0 unspecified atom stereocenters. The van der Waals surface area contributed by atoms with E-state index in [2.05, 4.69) is 22.1 Å². The van der Waals surface area contributed by atoms with E-state index in [1.54, 1.807) is 0 Å². The number of benzene rings is 1. The summed E-state index contributed by atoms with van der Waals surface area (Å²) in [6, 6.07) is 12.9. The number of aliphatic imine (C=N–C) groups is 1. The largest absolute Gasteiger partial charge is 0.288 e. The molecule has 0 saturated heterocycles. The van der Waals surface area contributed by atoms with Crippen LogP contribution in [-0.2, 0) is 0 Å². The molecule has 0 atom stereocenters. The van der Waals surface area contributed by atoms with E-state index in [4.69, 9.17) is 0 Å². The minimum Gasteiger partial charge on any atom is -0.288 e. The summed E-state index contributed by atoms with van der Waals surface area (Å²) in [5.74, 6) is 0. The van der Waals surface area contributed by atoms with Crippen LogP contribution in [0.2, 0.25) is 0 Å². The SMILES string of the molecule is C(=NC1CCCC1)c1ccc2ccccc2n1. The van der Waals surface area contributed by atoms with Gasteiger partial charge in [-0.2, -0.15) is 0 Å². The zero-order valence-corrected chi connectivity index (χ0v) is 9.84. The Balaban J connectivity index is 1.85. The van der Waals surface area contributed by atoms with Gasteiger partial charge in [0, 0.05) is 11.6 Å². The summed E-state index contributed by atoms with van der Waals surface area (Å²) in [5.41, 5.74) is 2.01. The molecule has 1 aromatic carbocycles. The normalized spacial score (nSPS) is 17.2. The zero-order chi connectivity index (χ0) is 11.5. The molecule has 0 N–H and O–H groups in total. The first-order chi connectivity index (χ1) is 8.42. The first kappa shape index (κ1) is 10.5. The fourth-order valence-electron chi connectivity index (χ4n) is 2.39.